The fraction of sp³-hybridized carbons (Fsp3) is 0.600. The number of rotatable bonds is 4. The molecule has 0 radical (unpaired) electrons. The number of nitrogens with zero attached hydrogens (tertiary/aromatic N) is 1. The van der Waals surface area contributed by atoms with Gasteiger partial charge in [0, 0.05) is 32.2 Å². The maximum atomic E-state index is 13.0. The fourth-order valence-electron chi connectivity index (χ4n) is 3.93. The van der Waals surface area contributed by atoms with Gasteiger partial charge in [-0.2, -0.15) is 0 Å². The van der Waals surface area contributed by atoms with Gasteiger partial charge in [0.15, 0.2) is 0 Å². The molecule has 0 aliphatic carbocycles. The summed E-state index contributed by atoms with van der Waals surface area (Å²) >= 11 is 0. The monoisotopic (exact) mass is 344 g/mol. The summed E-state index contributed by atoms with van der Waals surface area (Å²) in [6, 6.07) is 8.22. The summed E-state index contributed by atoms with van der Waals surface area (Å²) in [5, 5.41) is 3.20. The van der Waals surface area contributed by atoms with E-state index in [1.165, 1.54) is 5.56 Å². The molecule has 25 heavy (non-hydrogen) atoms. The highest BCUT2D eigenvalue weighted by Gasteiger charge is 2.40. The summed E-state index contributed by atoms with van der Waals surface area (Å²) in [5.74, 6) is 0.0230. The molecule has 0 spiro atoms. The quantitative estimate of drug-likeness (QED) is 0.913. The Kier molecular flexibility index (Phi) is 5.74. The number of benzene rings is 1. The van der Waals surface area contributed by atoms with E-state index in [1.807, 2.05) is 18.7 Å². The second kappa shape index (κ2) is 8.00. The van der Waals surface area contributed by atoms with Crippen LogP contribution in [0.4, 0.5) is 0 Å². The van der Waals surface area contributed by atoms with Crippen LogP contribution in [-0.4, -0.2) is 42.5 Å². The van der Waals surface area contributed by atoms with Gasteiger partial charge < -0.3 is 15.0 Å². The van der Waals surface area contributed by atoms with Crippen LogP contribution in [-0.2, 0) is 14.3 Å². The molecule has 2 aliphatic rings. The van der Waals surface area contributed by atoms with Crippen molar-refractivity contribution >= 4 is 11.8 Å². The minimum absolute atomic E-state index is 0.0726. The Morgan fingerprint density at radius 2 is 1.88 bits per heavy atom. The second-order valence-electron chi connectivity index (χ2n) is 7.08. The molecule has 5 nitrogen and oxygen atoms in total. The van der Waals surface area contributed by atoms with Gasteiger partial charge in [-0.25, -0.2) is 0 Å². The molecule has 1 N–H and O–H groups in total. The van der Waals surface area contributed by atoms with E-state index < -0.39 is 0 Å². The highest BCUT2D eigenvalue weighted by molar-refractivity contribution is 5.85. The lowest BCUT2D eigenvalue weighted by Gasteiger charge is -2.41. The van der Waals surface area contributed by atoms with Crippen LogP contribution in [0.5, 0.6) is 0 Å². The van der Waals surface area contributed by atoms with Crippen LogP contribution in [0, 0.1) is 12.8 Å². The maximum absolute atomic E-state index is 13.0. The topological polar surface area (TPSA) is 58.6 Å². The van der Waals surface area contributed by atoms with Crippen molar-refractivity contribution in [3.8, 4) is 0 Å². The van der Waals surface area contributed by atoms with Crippen LogP contribution in [0.2, 0.25) is 0 Å². The van der Waals surface area contributed by atoms with Crippen molar-refractivity contribution < 1.29 is 14.3 Å². The number of carbonyl (C=O) groups is 2. The van der Waals surface area contributed by atoms with Gasteiger partial charge in [0.1, 0.15) is 0 Å². The molecule has 0 saturated carbocycles. The number of likely N-dealkylation sites (tertiary alicyclic amines) is 1. The summed E-state index contributed by atoms with van der Waals surface area (Å²) in [5.41, 5.74) is 2.23. The largest absolute Gasteiger partial charge is 0.381 e. The molecule has 5 heteroatoms. The predicted octanol–water partition coefficient (Wildman–Crippen LogP) is 2.59. The molecule has 0 aromatic heterocycles. The third-order valence-corrected chi connectivity index (χ3v) is 5.37. The average molecular weight is 344 g/mol. The molecule has 2 aliphatic heterocycles. The molecule has 1 aromatic rings. The van der Waals surface area contributed by atoms with E-state index in [2.05, 4.69) is 29.6 Å². The predicted molar refractivity (Wildman–Crippen MR) is 96.0 cm³/mol. The minimum atomic E-state index is -0.191. The second-order valence-corrected chi connectivity index (χ2v) is 7.08. The van der Waals surface area contributed by atoms with Crippen molar-refractivity contribution in [2.75, 3.05) is 19.8 Å². The first-order chi connectivity index (χ1) is 12.1. The zero-order chi connectivity index (χ0) is 17.8. The highest BCUT2D eigenvalue weighted by atomic mass is 16.5. The Balaban J connectivity index is 1.82. The lowest BCUT2D eigenvalue weighted by molar-refractivity contribution is -0.143. The number of aryl methyl sites for hydroxylation is 1. The minimum Gasteiger partial charge on any atom is -0.381 e. The van der Waals surface area contributed by atoms with Gasteiger partial charge >= 0.3 is 0 Å². The van der Waals surface area contributed by atoms with E-state index in [9.17, 15) is 9.59 Å². The van der Waals surface area contributed by atoms with Crippen LogP contribution >= 0.6 is 0 Å². The third-order valence-electron chi connectivity index (χ3n) is 5.37. The van der Waals surface area contributed by atoms with Gasteiger partial charge in [-0.1, -0.05) is 29.8 Å². The smallest absolute Gasteiger partial charge is 0.225 e. The molecule has 2 amide bonds. The van der Waals surface area contributed by atoms with Gasteiger partial charge in [-0.3, -0.25) is 9.59 Å². The van der Waals surface area contributed by atoms with Crippen LogP contribution in [0.3, 0.4) is 0 Å². The van der Waals surface area contributed by atoms with Crippen molar-refractivity contribution in [2.45, 2.75) is 51.6 Å². The van der Waals surface area contributed by atoms with E-state index >= 15 is 0 Å². The first-order valence-corrected chi connectivity index (χ1v) is 9.34. The molecule has 2 heterocycles. The zero-order valence-electron chi connectivity index (χ0n) is 15.2. The van der Waals surface area contributed by atoms with Gasteiger partial charge in [0.2, 0.25) is 11.8 Å². The first kappa shape index (κ1) is 17.9. The van der Waals surface area contributed by atoms with Crippen LogP contribution in [0.25, 0.3) is 0 Å². The molecule has 3 rings (SSSR count). The summed E-state index contributed by atoms with van der Waals surface area (Å²) in [6.45, 7) is 6.06. The van der Waals surface area contributed by atoms with E-state index in [0.29, 0.717) is 32.6 Å². The highest BCUT2D eigenvalue weighted by Crippen LogP contribution is 2.37. The van der Waals surface area contributed by atoms with Crippen LogP contribution in [0.15, 0.2) is 24.3 Å². The number of piperidine rings is 1. The first-order valence-electron chi connectivity index (χ1n) is 9.34. The van der Waals surface area contributed by atoms with Crippen molar-refractivity contribution in [3.05, 3.63) is 35.4 Å². The van der Waals surface area contributed by atoms with E-state index in [-0.39, 0.29) is 29.8 Å². The van der Waals surface area contributed by atoms with Crippen molar-refractivity contribution in [3.63, 3.8) is 0 Å². The molecule has 136 valence electrons. The van der Waals surface area contributed by atoms with E-state index in [4.69, 9.17) is 4.74 Å². The van der Waals surface area contributed by atoms with E-state index in [0.717, 1.165) is 18.4 Å². The average Bonchev–Trinajstić information content (AvgIpc) is 2.63. The Labute approximate surface area is 149 Å². The lowest BCUT2D eigenvalue weighted by Crippen LogP contribution is -2.50. The van der Waals surface area contributed by atoms with Crippen molar-refractivity contribution in [1.29, 1.82) is 0 Å². The Bertz CT molecular complexity index is 608. The van der Waals surface area contributed by atoms with Gasteiger partial charge in [0.25, 0.3) is 0 Å². The van der Waals surface area contributed by atoms with Crippen LogP contribution in [0.1, 0.15) is 49.8 Å². The standard InChI is InChI=1S/C20H28N2O3/c1-3-22-18(23)9-8-17(19(22)15-6-4-14(2)5-7-15)20(24)21-16-10-12-25-13-11-16/h4-7,16-17,19H,3,8-13H2,1-2H3,(H,21,24)/t17-,19+/m1/s1. The SMILES string of the molecule is CCN1C(=O)CC[C@@H](C(=O)NC2CCOCC2)[C@@H]1c1ccc(C)cc1. The molecular formula is C20H28N2O3. The summed E-state index contributed by atoms with van der Waals surface area (Å²) < 4.78 is 5.37. The summed E-state index contributed by atoms with van der Waals surface area (Å²) in [4.78, 5) is 27.3. The molecule has 1 aromatic carbocycles. The maximum Gasteiger partial charge on any atom is 0.225 e. The van der Waals surface area contributed by atoms with Crippen molar-refractivity contribution in [2.24, 2.45) is 5.92 Å². The van der Waals surface area contributed by atoms with Gasteiger partial charge in [0.05, 0.1) is 12.0 Å². The molecule has 2 fully saturated rings. The number of carbonyl (C=O) groups excluding carboxylic acids is 2. The number of nitrogens with one attached hydrogen (secondary N) is 1. The molecular weight excluding hydrogens is 316 g/mol. The van der Waals surface area contributed by atoms with Gasteiger partial charge in [-0.15, -0.1) is 0 Å². The normalized spacial score (nSPS) is 25.0. The van der Waals surface area contributed by atoms with Crippen molar-refractivity contribution in [1.82, 2.24) is 10.2 Å². The number of hydrogen-bond acceptors (Lipinski definition) is 3. The van der Waals surface area contributed by atoms with E-state index in [1.54, 1.807) is 0 Å². The molecule has 0 bridgehead atoms. The third kappa shape index (κ3) is 4.03. The summed E-state index contributed by atoms with van der Waals surface area (Å²) in [6.07, 6.45) is 2.79. The number of ether oxygens (including phenoxy) is 1. The zero-order valence-corrected chi connectivity index (χ0v) is 15.2. The Morgan fingerprint density at radius 1 is 1.20 bits per heavy atom. The lowest BCUT2D eigenvalue weighted by atomic mass is 9.83. The molecule has 2 atom stereocenters. The fourth-order valence-corrected chi connectivity index (χ4v) is 3.93. The number of amides is 2. The van der Waals surface area contributed by atoms with Crippen LogP contribution < -0.4 is 5.32 Å². The molecule has 0 unspecified atom stereocenters. The molecule has 2 saturated heterocycles. The Hall–Kier alpha value is -1.88. The summed E-state index contributed by atoms with van der Waals surface area (Å²) in [7, 11) is 0. The van der Waals surface area contributed by atoms with Gasteiger partial charge in [-0.05, 0) is 38.7 Å². The Morgan fingerprint density at radius 3 is 2.52 bits per heavy atom. The number of hydrogen-bond donors (Lipinski definition) is 1.